The van der Waals surface area contributed by atoms with Crippen LogP contribution in [0.15, 0.2) is 42.9 Å². The van der Waals surface area contributed by atoms with E-state index in [-0.39, 0.29) is 0 Å². The smallest absolute Gasteiger partial charge is 0.223 e. The summed E-state index contributed by atoms with van der Waals surface area (Å²) in [4.78, 5) is 8.06. The molecule has 0 aromatic carbocycles. The first-order valence-corrected chi connectivity index (χ1v) is 5.01. The maximum atomic E-state index is 5.76. The van der Waals surface area contributed by atoms with Crippen molar-refractivity contribution in [2.45, 2.75) is 5.88 Å². The van der Waals surface area contributed by atoms with Gasteiger partial charge in [-0.1, -0.05) is 6.07 Å². The summed E-state index contributed by atoms with van der Waals surface area (Å²) in [6.45, 7) is 0. The molecule has 15 heavy (non-hydrogen) atoms. The lowest BCUT2D eigenvalue weighted by Gasteiger charge is -2.06. The van der Waals surface area contributed by atoms with E-state index in [0.717, 1.165) is 5.56 Å². The molecule has 0 saturated carbocycles. The van der Waals surface area contributed by atoms with Crippen molar-refractivity contribution in [3.63, 3.8) is 0 Å². The van der Waals surface area contributed by atoms with Crippen LogP contribution in [0, 0.1) is 0 Å². The second-order valence-electron chi connectivity index (χ2n) is 2.89. The maximum Gasteiger partial charge on any atom is 0.223 e. The van der Waals surface area contributed by atoms with E-state index in [1.165, 1.54) is 0 Å². The molecule has 2 rings (SSSR count). The molecule has 0 bridgehead atoms. The third kappa shape index (κ3) is 2.44. The molecule has 0 radical (unpaired) electrons. The van der Waals surface area contributed by atoms with Crippen molar-refractivity contribution in [2.24, 2.45) is 0 Å². The molecule has 2 aromatic heterocycles. The van der Waals surface area contributed by atoms with Gasteiger partial charge < -0.3 is 4.74 Å². The Bertz CT molecular complexity index is 434. The maximum absolute atomic E-state index is 5.76. The molecular formula is C11H9ClN2O. The highest BCUT2D eigenvalue weighted by molar-refractivity contribution is 6.17. The zero-order valence-electron chi connectivity index (χ0n) is 7.93. The Morgan fingerprint density at radius 3 is 2.80 bits per heavy atom. The zero-order chi connectivity index (χ0) is 10.5. The summed E-state index contributed by atoms with van der Waals surface area (Å²) in [6.07, 6.45) is 4.99. The normalized spacial score (nSPS) is 9.93. The van der Waals surface area contributed by atoms with Gasteiger partial charge in [0.15, 0.2) is 0 Å². The van der Waals surface area contributed by atoms with Gasteiger partial charge in [0.1, 0.15) is 5.75 Å². The molecule has 0 aliphatic heterocycles. The van der Waals surface area contributed by atoms with Crippen LogP contribution in [-0.4, -0.2) is 9.97 Å². The van der Waals surface area contributed by atoms with Gasteiger partial charge in [-0.3, -0.25) is 4.98 Å². The van der Waals surface area contributed by atoms with Crippen LogP contribution in [0.25, 0.3) is 0 Å². The highest BCUT2D eigenvalue weighted by Gasteiger charge is 2.04. The number of nitrogens with zero attached hydrogens (tertiary/aromatic N) is 2. The summed E-state index contributed by atoms with van der Waals surface area (Å²) in [6, 6.07) is 7.33. The molecule has 2 aromatic rings. The first-order chi connectivity index (χ1) is 7.40. The first-order valence-electron chi connectivity index (χ1n) is 4.48. The molecule has 0 atom stereocenters. The van der Waals surface area contributed by atoms with Gasteiger partial charge in [0.25, 0.3) is 0 Å². The molecule has 0 amide bonds. The van der Waals surface area contributed by atoms with E-state index in [1.807, 2.05) is 18.2 Å². The molecule has 0 spiro atoms. The van der Waals surface area contributed by atoms with Gasteiger partial charge >= 0.3 is 0 Å². The van der Waals surface area contributed by atoms with Crippen molar-refractivity contribution in [2.75, 3.05) is 0 Å². The Morgan fingerprint density at radius 2 is 2.07 bits per heavy atom. The lowest BCUT2D eigenvalue weighted by molar-refractivity contribution is 0.456. The van der Waals surface area contributed by atoms with Crippen molar-refractivity contribution >= 4 is 11.6 Å². The van der Waals surface area contributed by atoms with Crippen LogP contribution in [-0.2, 0) is 5.88 Å². The fourth-order valence-electron chi connectivity index (χ4n) is 1.14. The van der Waals surface area contributed by atoms with Crippen LogP contribution in [0.4, 0.5) is 0 Å². The lowest BCUT2D eigenvalue weighted by atomic mass is 10.3. The molecule has 0 N–H and O–H groups in total. The highest BCUT2D eigenvalue weighted by Crippen LogP contribution is 2.22. The molecule has 0 unspecified atom stereocenters. The van der Waals surface area contributed by atoms with E-state index in [4.69, 9.17) is 16.3 Å². The summed E-state index contributed by atoms with van der Waals surface area (Å²) >= 11 is 5.76. The van der Waals surface area contributed by atoms with E-state index < -0.39 is 0 Å². The van der Waals surface area contributed by atoms with Gasteiger partial charge in [0, 0.05) is 18.0 Å². The second kappa shape index (κ2) is 4.75. The van der Waals surface area contributed by atoms with Crippen LogP contribution < -0.4 is 4.74 Å². The van der Waals surface area contributed by atoms with Gasteiger partial charge in [-0.25, -0.2) is 4.98 Å². The van der Waals surface area contributed by atoms with E-state index in [1.54, 1.807) is 24.7 Å². The number of halogens is 1. The number of aromatic nitrogens is 2. The number of pyridine rings is 2. The lowest BCUT2D eigenvalue weighted by Crippen LogP contribution is -1.92. The zero-order valence-corrected chi connectivity index (χ0v) is 8.69. The predicted molar refractivity (Wildman–Crippen MR) is 58.1 cm³/mol. The third-order valence-electron chi connectivity index (χ3n) is 1.84. The van der Waals surface area contributed by atoms with E-state index >= 15 is 0 Å². The Hall–Kier alpha value is -1.61. The summed E-state index contributed by atoms with van der Waals surface area (Å²) in [5.41, 5.74) is 0.864. The third-order valence-corrected chi connectivity index (χ3v) is 2.13. The van der Waals surface area contributed by atoms with Gasteiger partial charge in [-0.2, -0.15) is 0 Å². The predicted octanol–water partition coefficient (Wildman–Crippen LogP) is 3.01. The Kier molecular flexibility index (Phi) is 3.15. The number of alkyl halides is 1. The molecule has 0 aliphatic rings. The summed E-state index contributed by atoms with van der Waals surface area (Å²) < 4.78 is 5.54. The molecule has 4 heteroatoms. The average Bonchev–Trinajstić information content (AvgIpc) is 2.31. The minimum absolute atomic E-state index is 0.378. The molecular weight excluding hydrogens is 212 g/mol. The van der Waals surface area contributed by atoms with Gasteiger partial charge in [0.2, 0.25) is 5.88 Å². The Labute approximate surface area is 92.7 Å². The van der Waals surface area contributed by atoms with Crippen molar-refractivity contribution in [1.82, 2.24) is 9.97 Å². The number of ether oxygens (including phenoxy) is 1. The molecule has 0 aliphatic carbocycles. The number of hydrogen-bond donors (Lipinski definition) is 0. The molecule has 2 heterocycles. The Balaban J connectivity index is 2.24. The molecule has 3 nitrogen and oxygen atoms in total. The van der Waals surface area contributed by atoms with Crippen molar-refractivity contribution in [3.05, 3.63) is 48.4 Å². The standard InChI is InChI=1S/C11H9ClN2O/c12-7-9-3-1-6-14-11(9)15-10-4-2-5-13-8-10/h1-6,8H,7H2. The minimum atomic E-state index is 0.378. The van der Waals surface area contributed by atoms with Crippen LogP contribution >= 0.6 is 11.6 Å². The van der Waals surface area contributed by atoms with E-state index in [0.29, 0.717) is 17.5 Å². The SMILES string of the molecule is ClCc1cccnc1Oc1cccnc1. The van der Waals surface area contributed by atoms with Crippen LogP contribution in [0.5, 0.6) is 11.6 Å². The monoisotopic (exact) mass is 220 g/mol. The summed E-state index contributed by atoms with van der Waals surface area (Å²) in [5.74, 6) is 1.56. The number of rotatable bonds is 3. The fraction of sp³-hybridized carbons (Fsp3) is 0.0909. The van der Waals surface area contributed by atoms with Crippen LogP contribution in [0.3, 0.4) is 0 Å². The Morgan fingerprint density at radius 1 is 1.20 bits per heavy atom. The molecule has 0 saturated heterocycles. The average molecular weight is 221 g/mol. The van der Waals surface area contributed by atoms with E-state index in [9.17, 15) is 0 Å². The van der Waals surface area contributed by atoms with E-state index in [2.05, 4.69) is 9.97 Å². The minimum Gasteiger partial charge on any atom is -0.437 e. The topological polar surface area (TPSA) is 35.0 Å². The van der Waals surface area contributed by atoms with Gasteiger partial charge in [-0.05, 0) is 18.2 Å². The number of hydrogen-bond acceptors (Lipinski definition) is 3. The fourth-order valence-corrected chi connectivity index (χ4v) is 1.34. The quantitative estimate of drug-likeness (QED) is 0.746. The van der Waals surface area contributed by atoms with Gasteiger partial charge in [-0.15, -0.1) is 11.6 Å². The van der Waals surface area contributed by atoms with Crippen molar-refractivity contribution in [3.8, 4) is 11.6 Å². The molecule has 0 fully saturated rings. The van der Waals surface area contributed by atoms with Crippen molar-refractivity contribution < 1.29 is 4.74 Å². The summed E-state index contributed by atoms with van der Waals surface area (Å²) in [5, 5.41) is 0. The second-order valence-corrected chi connectivity index (χ2v) is 3.16. The van der Waals surface area contributed by atoms with Crippen LogP contribution in [0.1, 0.15) is 5.56 Å². The largest absolute Gasteiger partial charge is 0.437 e. The summed E-state index contributed by atoms with van der Waals surface area (Å²) in [7, 11) is 0. The highest BCUT2D eigenvalue weighted by atomic mass is 35.5. The molecule has 76 valence electrons. The van der Waals surface area contributed by atoms with Crippen molar-refractivity contribution in [1.29, 1.82) is 0 Å². The van der Waals surface area contributed by atoms with Crippen LogP contribution in [0.2, 0.25) is 0 Å². The first kappa shape index (κ1) is 9.93. The van der Waals surface area contributed by atoms with Gasteiger partial charge in [0.05, 0.1) is 12.1 Å².